The van der Waals surface area contributed by atoms with Gasteiger partial charge in [0.15, 0.2) is 6.73 Å². The van der Waals surface area contributed by atoms with E-state index in [1.165, 1.54) is 6.42 Å². The lowest BCUT2D eigenvalue weighted by molar-refractivity contribution is -0.671. The SMILES string of the molecule is CC[C@@H](C)COCn1cc[n+](C)c1. The smallest absolute Gasteiger partial charge is 0.245 e. The van der Waals surface area contributed by atoms with Gasteiger partial charge in [0.25, 0.3) is 0 Å². The molecule has 0 aromatic carbocycles. The number of hydrogen-bond donors (Lipinski definition) is 0. The molecule has 1 aromatic heterocycles. The fourth-order valence-corrected chi connectivity index (χ4v) is 1.06. The molecular weight excluding hydrogens is 164 g/mol. The Hall–Kier alpha value is -0.830. The van der Waals surface area contributed by atoms with E-state index in [4.69, 9.17) is 4.74 Å². The van der Waals surface area contributed by atoms with Crippen molar-refractivity contribution in [3.8, 4) is 0 Å². The van der Waals surface area contributed by atoms with Crippen LogP contribution in [0.25, 0.3) is 0 Å². The second kappa shape index (κ2) is 5.02. The molecule has 0 amide bonds. The summed E-state index contributed by atoms with van der Waals surface area (Å²) in [5.74, 6) is 0.657. The highest BCUT2D eigenvalue weighted by atomic mass is 16.5. The van der Waals surface area contributed by atoms with E-state index in [1.54, 1.807) is 0 Å². The molecular formula is C10H19N2O+. The average Bonchev–Trinajstić information content (AvgIpc) is 2.51. The van der Waals surface area contributed by atoms with Crippen molar-refractivity contribution in [2.45, 2.75) is 27.0 Å². The number of imidazole rings is 1. The topological polar surface area (TPSA) is 18.0 Å². The molecule has 0 aliphatic heterocycles. The summed E-state index contributed by atoms with van der Waals surface area (Å²) in [6.45, 7) is 5.89. The summed E-state index contributed by atoms with van der Waals surface area (Å²) in [6, 6.07) is 0. The third kappa shape index (κ3) is 3.59. The van der Waals surface area contributed by atoms with Crippen molar-refractivity contribution in [1.29, 1.82) is 0 Å². The van der Waals surface area contributed by atoms with Crippen LogP contribution >= 0.6 is 0 Å². The lowest BCUT2D eigenvalue weighted by atomic mass is 10.1. The minimum Gasteiger partial charge on any atom is -0.341 e. The Morgan fingerprint density at radius 1 is 1.54 bits per heavy atom. The molecule has 0 unspecified atom stereocenters. The summed E-state index contributed by atoms with van der Waals surface area (Å²) >= 11 is 0. The molecule has 1 heterocycles. The normalized spacial score (nSPS) is 13.2. The van der Waals surface area contributed by atoms with Gasteiger partial charge in [-0.3, -0.25) is 0 Å². The average molecular weight is 183 g/mol. The first-order valence-corrected chi connectivity index (χ1v) is 4.81. The molecule has 0 N–H and O–H groups in total. The van der Waals surface area contributed by atoms with Crippen molar-refractivity contribution in [2.24, 2.45) is 13.0 Å². The maximum Gasteiger partial charge on any atom is 0.245 e. The Balaban J connectivity index is 2.20. The standard InChI is InChI=1S/C10H19N2O/c1-4-10(2)7-13-9-12-6-5-11(3)8-12/h5-6,8,10H,4,7,9H2,1-3H3/q+1/t10-/m1/s1. The van der Waals surface area contributed by atoms with Gasteiger partial charge in [0, 0.05) is 0 Å². The van der Waals surface area contributed by atoms with Crippen molar-refractivity contribution in [1.82, 2.24) is 4.57 Å². The third-order valence-electron chi connectivity index (χ3n) is 2.16. The predicted molar refractivity (Wildman–Crippen MR) is 51.0 cm³/mol. The van der Waals surface area contributed by atoms with E-state index in [-0.39, 0.29) is 0 Å². The number of nitrogens with zero attached hydrogens (tertiary/aromatic N) is 2. The van der Waals surface area contributed by atoms with Crippen molar-refractivity contribution < 1.29 is 9.30 Å². The molecule has 0 spiro atoms. The van der Waals surface area contributed by atoms with E-state index in [0.29, 0.717) is 12.6 Å². The molecule has 1 atom stereocenters. The van der Waals surface area contributed by atoms with Crippen molar-refractivity contribution in [3.05, 3.63) is 18.7 Å². The zero-order valence-electron chi connectivity index (χ0n) is 8.73. The quantitative estimate of drug-likeness (QED) is 0.630. The van der Waals surface area contributed by atoms with Gasteiger partial charge in [-0.25, -0.2) is 9.13 Å². The zero-order valence-corrected chi connectivity index (χ0v) is 8.73. The highest BCUT2D eigenvalue weighted by molar-refractivity contribution is 4.63. The van der Waals surface area contributed by atoms with Gasteiger partial charge in [0.2, 0.25) is 6.33 Å². The van der Waals surface area contributed by atoms with Gasteiger partial charge < -0.3 is 4.74 Å². The van der Waals surface area contributed by atoms with E-state index in [0.717, 1.165) is 6.61 Å². The maximum absolute atomic E-state index is 5.54. The van der Waals surface area contributed by atoms with Crippen LogP contribution in [0.3, 0.4) is 0 Å². The highest BCUT2D eigenvalue weighted by Gasteiger charge is 2.01. The number of rotatable bonds is 5. The monoisotopic (exact) mass is 183 g/mol. The summed E-state index contributed by atoms with van der Waals surface area (Å²) < 4.78 is 9.57. The number of aromatic nitrogens is 2. The van der Waals surface area contributed by atoms with E-state index in [2.05, 4.69) is 13.8 Å². The Bertz CT molecular complexity index is 245. The van der Waals surface area contributed by atoms with Crippen LogP contribution in [0.2, 0.25) is 0 Å². The van der Waals surface area contributed by atoms with Gasteiger partial charge >= 0.3 is 0 Å². The Labute approximate surface area is 79.9 Å². The summed E-state index contributed by atoms with van der Waals surface area (Å²) in [4.78, 5) is 0. The molecule has 0 fully saturated rings. The van der Waals surface area contributed by atoms with E-state index >= 15 is 0 Å². The van der Waals surface area contributed by atoms with E-state index < -0.39 is 0 Å². The molecule has 13 heavy (non-hydrogen) atoms. The molecule has 0 aliphatic carbocycles. The molecule has 3 nitrogen and oxygen atoms in total. The molecule has 0 radical (unpaired) electrons. The Morgan fingerprint density at radius 2 is 2.31 bits per heavy atom. The minimum absolute atomic E-state index is 0.657. The largest absolute Gasteiger partial charge is 0.341 e. The number of ether oxygens (including phenoxy) is 1. The second-order valence-electron chi connectivity index (χ2n) is 3.61. The highest BCUT2D eigenvalue weighted by Crippen LogP contribution is 2.00. The lowest BCUT2D eigenvalue weighted by Gasteiger charge is -2.06. The van der Waals surface area contributed by atoms with Crippen molar-refractivity contribution in [3.63, 3.8) is 0 Å². The van der Waals surface area contributed by atoms with Gasteiger partial charge in [-0.05, 0) is 5.92 Å². The van der Waals surface area contributed by atoms with Crippen LogP contribution in [0, 0.1) is 5.92 Å². The first-order valence-electron chi connectivity index (χ1n) is 4.81. The van der Waals surface area contributed by atoms with Crippen LogP contribution in [0.15, 0.2) is 18.7 Å². The van der Waals surface area contributed by atoms with Crippen LogP contribution in [0.1, 0.15) is 20.3 Å². The molecule has 1 aromatic rings. The lowest BCUT2D eigenvalue weighted by Crippen LogP contribution is -2.24. The van der Waals surface area contributed by atoms with Crippen LogP contribution in [-0.4, -0.2) is 11.2 Å². The molecule has 0 saturated heterocycles. The molecule has 3 heteroatoms. The first kappa shape index (κ1) is 10.3. The Morgan fingerprint density at radius 3 is 2.85 bits per heavy atom. The van der Waals surface area contributed by atoms with Crippen LogP contribution in [-0.2, 0) is 18.5 Å². The van der Waals surface area contributed by atoms with Crippen LogP contribution < -0.4 is 4.57 Å². The van der Waals surface area contributed by atoms with Gasteiger partial charge in [-0.15, -0.1) is 0 Å². The second-order valence-corrected chi connectivity index (χ2v) is 3.61. The molecule has 0 bridgehead atoms. The summed E-state index contributed by atoms with van der Waals surface area (Å²) in [7, 11) is 2.01. The number of aryl methyl sites for hydroxylation is 1. The Kier molecular flexibility index (Phi) is 3.96. The van der Waals surface area contributed by atoms with Gasteiger partial charge in [-0.1, -0.05) is 20.3 Å². The summed E-state index contributed by atoms with van der Waals surface area (Å²) in [6.07, 6.45) is 7.21. The van der Waals surface area contributed by atoms with Crippen molar-refractivity contribution >= 4 is 0 Å². The third-order valence-corrected chi connectivity index (χ3v) is 2.16. The maximum atomic E-state index is 5.54. The van der Waals surface area contributed by atoms with Crippen molar-refractivity contribution in [2.75, 3.05) is 6.61 Å². The molecule has 1 rings (SSSR count). The van der Waals surface area contributed by atoms with E-state index in [9.17, 15) is 0 Å². The molecule has 0 aliphatic rings. The number of hydrogen-bond acceptors (Lipinski definition) is 1. The fraction of sp³-hybridized carbons (Fsp3) is 0.700. The molecule has 0 saturated carbocycles. The van der Waals surface area contributed by atoms with E-state index in [1.807, 2.05) is 34.9 Å². The van der Waals surface area contributed by atoms with Gasteiger partial charge in [0.05, 0.1) is 13.7 Å². The van der Waals surface area contributed by atoms with Crippen LogP contribution in [0.5, 0.6) is 0 Å². The van der Waals surface area contributed by atoms with Gasteiger partial charge in [0.1, 0.15) is 12.4 Å². The van der Waals surface area contributed by atoms with Gasteiger partial charge in [-0.2, -0.15) is 0 Å². The predicted octanol–water partition coefficient (Wildman–Crippen LogP) is 1.33. The summed E-state index contributed by atoms with van der Waals surface area (Å²) in [5.41, 5.74) is 0. The minimum atomic E-state index is 0.657. The summed E-state index contributed by atoms with van der Waals surface area (Å²) in [5, 5.41) is 0. The zero-order chi connectivity index (χ0) is 9.68. The van der Waals surface area contributed by atoms with Crippen LogP contribution in [0.4, 0.5) is 0 Å². The first-order chi connectivity index (χ1) is 6.22. The molecule has 74 valence electrons. The fourth-order valence-electron chi connectivity index (χ4n) is 1.06.